The number of hydrogen-bond donors (Lipinski definition) is 3. The predicted molar refractivity (Wildman–Crippen MR) is 65.2 cm³/mol. The largest absolute Gasteiger partial charge is 0.461 e. The summed E-state index contributed by atoms with van der Waals surface area (Å²) in [6.45, 7) is 0.302. The van der Waals surface area contributed by atoms with Gasteiger partial charge in [0.2, 0.25) is 0 Å². The van der Waals surface area contributed by atoms with Crippen LogP contribution in [-0.4, -0.2) is 47.7 Å². The van der Waals surface area contributed by atoms with Crippen LogP contribution in [0.1, 0.15) is 15.9 Å². The number of aliphatic hydroxyl groups is 3. The first-order valence-electron chi connectivity index (χ1n) is 5.63. The molecule has 0 aliphatic heterocycles. The normalized spacial score (nSPS) is 11.3. The standard InChI is InChI=1S/C13H18O5/c1-10-2-4-11(5-3-10)12(17)18-9-13(6-14,7-15)8-16/h2-5,14-16H,6-9H2,1H3. The molecular weight excluding hydrogens is 236 g/mol. The van der Waals surface area contributed by atoms with Crippen LogP contribution in [0.3, 0.4) is 0 Å². The average molecular weight is 254 g/mol. The first-order valence-corrected chi connectivity index (χ1v) is 5.63. The van der Waals surface area contributed by atoms with Crippen molar-refractivity contribution in [2.75, 3.05) is 26.4 Å². The van der Waals surface area contributed by atoms with Gasteiger partial charge >= 0.3 is 5.97 Å². The monoisotopic (exact) mass is 254 g/mol. The van der Waals surface area contributed by atoms with Crippen LogP contribution in [-0.2, 0) is 4.74 Å². The SMILES string of the molecule is Cc1ccc(C(=O)OCC(CO)(CO)CO)cc1. The molecule has 0 aliphatic rings. The molecule has 0 radical (unpaired) electrons. The summed E-state index contributed by atoms with van der Waals surface area (Å²) in [4.78, 5) is 11.7. The summed E-state index contributed by atoms with van der Waals surface area (Å²) in [5, 5.41) is 27.3. The molecule has 1 aromatic carbocycles. The van der Waals surface area contributed by atoms with Crippen LogP contribution in [0.25, 0.3) is 0 Å². The maximum atomic E-state index is 11.7. The smallest absolute Gasteiger partial charge is 0.338 e. The van der Waals surface area contributed by atoms with Gasteiger partial charge in [0, 0.05) is 0 Å². The number of aliphatic hydroxyl groups excluding tert-OH is 3. The van der Waals surface area contributed by atoms with Gasteiger partial charge in [-0.1, -0.05) is 17.7 Å². The number of carbonyl (C=O) groups is 1. The Hall–Kier alpha value is -1.43. The van der Waals surface area contributed by atoms with Crippen molar-refractivity contribution in [2.24, 2.45) is 5.41 Å². The fourth-order valence-electron chi connectivity index (χ4n) is 1.28. The quantitative estimate of drug-likeness (QED) is 0.627. The summed E-state index contributed by atoms with van der Waals surface area (Å²) in [6, 6.07) is 6.84. The number of rotatable bonds is 6. The molecule has 0 heterocycles. The molecule has 5 heteroatoms. The topological polar surface area (TPSA) is 87.0 Å². The van der Waals surface area contributed by atoms with Crippen LogP contribution in [0.4, 0.5) is 0 Å². The van der Waals surface area contributed by atoms with Crippen LogP contribution < -0.4 is 0 Å². The van der Waals surface area contributed by atoms with Gasteiger partial charge in [-0.3, -0.25) is 0 Å². The summed E-state index contributed by atoms with van der Waals surface area (Å²) in [6.07, 6.45) is 0. The van der Waals surface area contributed by atoms with E-state index in [4.69, 9.17) is 20.1 Å². The van der Waals surface area contributed by atoms with E-state index in [2.05, 4.69) is 0 Å². The number of carbonyl (C=O) groups excluding carboxylic acids is 1. The summed E-state index contributed by atoms with van der Waals surface area (Å²) in [7, 11) is 0. The lowest BCUT2D eigenvalue weighted by molar-refractivity contribution is -0.0441. The molecule has 1 rings (SSSR count). The molecule has 5 nitrogen and oxygen atoms in total. The molecule has 18 heavy (non-hydrogen) atoms. The Morgan fingerprint density at radius 3 is 2.06 bits per heavy atom. The number of esters is 1. The number of aryl methyl sites for hydroxylation is 1. The molecule has 1 aromatic rings. The Morgan fingerprint density at radius 1 is 1.11 bits per heavy atom. The zero-order valence-corrected chi connectivity index (χ0v) is 10.3. The van der Waals surface area contributed by atoms with Gasteiger partial charge in [-0.15, -0.1) is 0 Å². The van der Waals surface area contributed by atoms with Gasteiger partial charge < -0.3 is 20.1 Å². The van der Waals surface area contributed by atoms with E-state index in [0.717, 1.165) is 5.56 Å². The van der Waals surface area contributed by atoms with E-state index < -0.39 is 31.2 Å². The third-order valence-corrected chi connectivity index (χ3v) is 2.80. The summed E-state index contributed by atoms with van der Waals surface area (Å²) in [5.74, 6) is -0.547. The van der Waals surface area contributed by atoms with Gasteiger partial charge in [0.25, 0.3) is 0 Å². The fraction of sp³-hybridized carbons (Fsp3) is 0.462. The predicted octanol–water partition coefficient (Wildman–Crippen LogP) is 0.115. The molecule has 0 saturated carbocycles. The third-order valence-electron chi connectivity index (χ3n) is 2.80. The maximum Gasteiger partial charge on any atom is 0.338 e. The van der Waals surface area contributed by atoms with Crippen LogP contribution in [0.2, 0.25) is 0 Å². The van der Waals surface area contributed by atoms with Crippen molar-refractivity contribution in [3.63, 3.8) is 0 Å². The van der Waals surface area contributed by atoms with E-state index in [1.807, 2.05) is 6.92 Å². The highest BCUT2D eigenvalue weighted by Crippen LogP contribution is 2.16. The van der Waals surface area contributed by atoms with Gasteiger partial charge in [-0.05, 0) is 19.1 Å². The summed E-state index contributed by atoms with van der Waals surface area (Å²) >= 11 is 0. The molecule has 0 aromatic heterocycles. The van der Waals surface area contributed by atoms with Crippen molar-refractivity contribution in [3.8, 4) is 0 Å². The molecule has 0 amide bonds. The Kier molecular flexibility index (Phi) is 5.27. The molecule has 0 aliphatic carbocycles. The maximum absolute atomic E-state index is 11.7. The van der Waals surface area contributed by atoms with E-state index in [9.17, 15) is 4.79 Å². The van der Waals surface area contributed by atoms with E-state index in [1.165, 1.54) is 0 Å². The Bertz CT molecular complexity index is 373. The molecule has 0 bridgehead atoms. The van der Waals surface area contributed by atoms with Gasteiger partial charge in [-0.25, -0.2) is 4.79 Å². The van der Waals surface area contributed by atoms with Gasteiger partial charge in [0.15, 0.2) is 0 Å². The minimum Gasteiger partial charge on any atom is -0.461 e. The van der Waals surface area contributed by atoms with E-state index in [1.54, 1.807) is 24.3 Å². The lowest BCUT2D eigenvalue weighted by Gasteiger charge is -2.26. The minimum atomic E-state index is -1.19. The summed E-state index contributed by atoms with van der Waals surface area (Å²) < 4.78 is 4.99. The lowest BCUT2D eigenvalue weighted by atomic mass is 9.92. The van der Waals surface area contributed by atoms with Crippen LogP contribution in [0.5, 0.6) is 0 Å². The third kappa shape index (κ3) is 3.53. The molecule has 0 spiro atoms. The van der Waals surface area contributed by atoms with E-state index in [-0.39, 0.29) is 6.61 Å². The lowest BCUT2D eigenvalue weighted by Crippen LogP contribution is -2.39. The number of hydrogen-bond acceptors (Lipinski definition) is 5. The van der Waals surface area contributed by atoms with Crippen LogP contribution in [0.15, 0.2) is 24.3 Å². The van der Waals surface area contributed by atoms with Crippen molar-refractivity contribution in [1.82, 2.24) is 0 Å². The zero-order chi connectivity index (χ0) is 13.6. The zero-order valence-electron chi connectivity index (χ0n) is 10.3. The minimum absolute atomic E-state index is 0.233. The first-order chi connectivity index (χ1) is 8.56. The fourth-order valence-corrected chi connectivity index (χ4v) is 1.28. The Morgan fingerprint density at radius 2 is 1.61 bits per heavy atom. The first kappa shape index (κ1) is 14.6. The van der Waals surface area contributed by atoms with Gasteiger partial charge in [0.1, 0.15) is 6.61 Å². The van der Waals surface area contributed by atoms with Crippen molar-refractivity contribution < 1.29 is 24.9 Å². The van der Waals surface area contributed by atoms with E-state index in [0.29, 0.717) is 5.56 Å². The highest BCUT2D eigenvalue weighted by molar-refractivity contribution is 5.89. The Labute approximate surface area is 106 Å². The van der Waals surface area contributed by atoms with Crippen LogP contribution in [0, 0.1) is 12.3 Å². The van der Waals surface area contributed by atoms with Crippen molar-refractivity contribution >= 4 is 5.97 Å². The van der Waals surface area contributed by atoms with Gasteiger partial charge in [0.05, 0.1) is 30.8 Å². The summed E-state index contributed by atoms with van der Waals surface area (Å²) in [5.41, 5.74) is 0.227. The molecular formula is C13H18O5. The molecule has 100 valence electrons. The Balaban J connectivity index is 2.63. The second-order valence-electron chi connectivity index (χ2n) is 4.42. The van der Waals surface area contributed by atoms with Crippen LogP contribution >= 0.6 is 0 Å². The number of ether oxygens (including phenoxy) is 1. The highest BCUT2D eigenvalue weighted by Gasteiger charge is 2.30. The van der Waals surface area contributed by atoms with Crippen molar-refractivity contribution in [2.45, 2.75) is 6.92 Å². The number of benzene rings is 1. The molecule has 0 saturated heterocycles. The second kappa shape index (κ2) is 6.49. The average Bonchev–Trinajstić information content (AvgIpc) is 2.41. The molecule has 3 N–H and O–H groups in total. The highest BCUT2D eigenvalue weighted by atomic mass is 16.5. The molecule has 0 fully saturated rings. The second-order valence-corrected chi connectivity index (χ2v) is 4.42. The van der Waals surface area contributed by atoms with Gasteiger partial charge in [-0.2, -0.15) is 0 Å². The van der Waals surface area contributed by atoms with Crippen molar-refractivity contribution in [3.05, 3.63) is 35.4 Å². The van der Waals surface area contributed by atoms with E-state index >= 15 is 0 Å². The van der Waals surface area contributed by atoms with Crippen molar-refractivity contribution in [1.29, 1.82) is 0 Å². The molecule has 0 atom stereocenters. The molecule has 0 unspecified atom stereocenters.